The molecule has 1 unspecified atom stereocenters. The highest BCUT2D eigenvalue weighted by atomic mass is 32.2. The molecule has 0 spiro atoms. The van der Waals surface area contributed by atoms with Crippen LogP contribution in [-0.4, -0.2) is 52.6 Å². The van der Waals surface area contributed by atoms with Gasteiger partial charge in [-0.05, 0) is 37.8 Å². The molecule has 3 aromatic rings. The van der Waals surface area contributed by atoms with Gasteiger partial charge in [0.25, 0.3) is 0 Å². The zero-order chi connectivity index (χ0) is 24.8. The number of nitrogens with zero attached hydrogens (tertiary/aromatic N) is 4. The Morgan fingerprint density at radius 3 is 2.80 bits per heavy atom. The summed E-state index contributed by atoms with van der Waals surface area (Å²) in [5.74, 6) is 2.54. The summed E-state index contributed by atoms with van der Waals surface area (Å²) in [7, 11) is 0. The normalized spacial score (nSPS) is 14.6. The average Bonchev–Trinajstić information content (AvgIpc) is 2.87. The minimum Gasteiger partial charge on any atom is -0.489 e. The summed E-state index contributed by atoms with van der Waals surface area (Å²) in [4.78, 5) is 27.4. The molecule has 1 atom stereocenters. The molecule has 3 heterocycles. The van der Waals surface area contributed by atoms with Crippen LogP contribution in [0.3, 0.4) is 0 Å². The summed E-state index contributed by atoms with van der Waals surface area (Å²) in [5.41, 5.74) is 4.56. The van der Waals surface area contributed by atoms with E-state index in [0.717, 1.165) is 58.4 Å². The predicted octanol–water partition coefficient (Wildman–Crippen LogP) is 5.11. The second-order valence-electron chi connectivity index (χ2n) is 8.97. The molecule has 7 nitrogen and oxygen atoms in total. The van der Waals surface area contributed by atoms with Crippen molar-refractivity contribution in [1.29, 1.82) is 0 Å². The van der Waals surface area contributed by atoms with Crippen LogP contribution in [0, 0.1) is 6.92 Å². The van der Waals surface area contributed by atoms with E-state index in [1.165, 1.54) is 0 Å². The van der Waals surface area contributed by atoms with Gasteiger partial charge in [-0.15, -0.1) is 0 Å². The Balaban J connectivity index is 1.67. The zero-order valence-electron chi connectivity index (χ0n) is 20.9. The summed E-state index contributed by atoms with van der Waals surface area (Å²) >= 11 is 1.82. The predicted molar refractivity (Wildman–Crippen MR) is 143 cm³/mol. The molecule has 0 saturated heterocycles. The highest BCUT2D eigenvalue weighted by Gasteiger charge is 2.37. The van der Waals surface area contributed by atoms with Crippen molar-refractivity contribution in [2.45, 2.75) is 39.0 Å². The number of rotatable bonds is 9. The largest absolute Gasteiger partial charge is 0.489 e. The first-order valence-corrected chi connectivity index (χ1v) is 13.4. The van der Waals surface area contributed by atoms with Gasteiger partial charge in [0.1, 0.15) is 24.5 Å². The van der Waals surface area contributed by atoms with E-state index in [0.29, 0.717) is 19.7 Å². The number of anilines is 2. The Morgan fingerprint density at radius 2 is 2.09 bits per heavy atom. The van der Waals surface area contributed by atoms with Gasteiger partial charge in [0.2, 0.25) is 5.91 Å². The smallest absolute Gasteiger partial charge is 0.224 e. The number of hydrogen-bond donors (Lipinski definition) is 1. The summed E-state index contributed by atoms with van der Waals surface area (Å²) in [6.45, 7) is 7.55. The summed E-state index contributed by atoms with van der Waals surface area (Å²) in [6, 6.07) is 12.2. The van der Waals surface area contributed by atoms with Gasteiger partial charge in [0.05, 0.1) is 17.9 Å². The van der Waals surface area contributed by atoms with Crippen LogP contribution in [0.15, 0.2) is 48.9 Å². The number of nitrogens with one attached hydrogen (secondary N) is 1. The summed E-state index contributed by atoms with van der Waals surface area (Å²) < 4.78 is 6.21. The second-order valence-corrected chi connectivity index (χ2v) is 9.83. The number of benzene rings is 1. The van der Waals surface area contributed by atoms with E-state index < -0.39 is 0 Å². The van der Waals surface area contributed by atoms with Gasteiger partial charge in [0, 0.05) is 53.7 Å². The van der Waals surface area contributed by atoms with Crippen LogP contribution < -0.4 is 15.0 Å². The molecule has 8 heteroatoms. The van der Waals surface area contributed by atoms with Crippen molar-refractivity contribution in [1.82, 2.24) is 15.0 Å². The van der Waals surface area contributed by atoms with Crippen LogP contribution in [0.1, 0.15) is 37.9 Å². The van der Waals surface area contributed by atoms with Crippen LogP contribution in [0.2, 0.25) is 0 Å². The number of carbonyl (C=O) groups excluding carboxylic acids is 1. The second kappa shape index (κ2) is 11.1. The van der Waals surface area contributed by atoms with E-state index in [9.17, 15) is 4.79 Å². The summed E-state index contributed by atoms with van der Waals surface area (Å²) in [6.07, 6.45) is 7.55. The monoisotopic (exact) mass is 491 g/mol. The number of amides is 1. The van der Waals surface area contributed by atoms with Crippen molar-refractivity contribution in [3.05, 3.63) is 60.2 Å². The van der Waals surface area contributed by atoms with Gasteiger partial charge < -0.3 is 15.0 Å². The average molecular weight is 492 g/mol. The fourth-order valence-electron chi connectivity index (χ4n) is 4.76. The van der Waals surface area contributed by atoms with E-state index in [1.54, 1.807) is 13.3 Å². The van der Waals surface area contributed by atoms with Crippen LogP contribution in [-0.2, 0) is 10.2 Å². The molecule has 4 rings (SSSR count). The molecule has 1 aliphatic rings. The van der Waals surface area contributed by atoms with Crippen LogP contribution in [0.5, 0.6) is 5.75 Å². The Kier molecular flexibility index (Phi) is 7.90. The van der Waals surface area contributed by atoms with Crippen molar-refractivity contribution in [2.24, 2.45) is 0 Å². The molecular formula is C27H33N5O2S. The van der Waals surface area contributed by atoms with Gasteiger partial charge in [-0.2, -0.15) is 11.8 Å². The Hall–Kier alpha value is -3.13. The van der Waals surface area contributed by atoms with E-state index in [1.807, 2.05) is 60.1 Å². The van der Waals surface area contributed by atoms with Crippen LogP contribution >= 0.6 is 11.8 Å². The fraction of sp³-hybridized carbons (Fsp3) is 0.407. The van der Waals surface area contributed by atoms with E-state index >= 15 is 0 Å². The van der Waals surface area contributed by atoms with Crippen molar-refractivity contribution < 1.29 is 9.53 Å². The third-order valence-electron chi connectivity index (χ3n) is 6.43. The number of carbonyl (C=O) groups is 1. The summed E-state index contributed by atoms with van der Waals surface area (Å²) in [5, 5.41) is 3.60. The van der Waals surface area contributed by atoms with Crippen molar-refractivity contribution in [2.75, 3.05) is 41.9 Å². The maximum Gasteiger partial charge on any atom is 0.224 e. The van der Waals surface area contributed by atoms with Gasteiger partial charge in [-0.1, -0.05) is 25.5 Å². The Bertz CT molecular complexity index is 1160. The molecule has 1 aliphatic heterocycles. The molecule has 1 N–H and O–H groups in total. The maximum absolute atomic E-state index is 12.3. The van der Waals surface area contributed by atoms with Gasteiger partial charge >= 0.3 is 0 Å². The van der Waals surface area contributed by atoms with E-state index in [4.69, 9.17) is 4.74 Å². The minimum atomic E-state index is -0.199. The highest BCUT2D eigenvalue weighted by molar-refractivity contribution is 7.98. The fourth-order valence-corrected chi connectivity index (χ4v) is 5.71. The molecule has 0 aliphatic carbocycles. The number of para-hydroxylation sites is 1. The van der Waals surface area contributed by atoms with Crippen molar-refractivity contribution in [3.63, 3.8) is 0 Å². The standard InChI is InChI=1S/C27H33N5O2S/c1-5-11-27(17-35-4,22-7-6-8-24-26(22)34-13-12-32(24)20(3)33)16-29-25-14-23(30-18-31-25)21-10-9-19(2)28-15-21/h6-10,14-15,18H,5,11-13,16-17H2,1-4H3,(H,29,30,31). The first-order valence-electron chi connectivity index (χ1n) is 12.0. The van der Waals surface area contributed by atoms with Crippen molar-refractivity contribution in [3.8, 4) is 17.0 Å². The lowest BCUT2D eigenvalue weighted by Gasteiger charge is -2.38. The molecule has 1 amide bonds. The number of ether oxygens (including phenoxy) is 1. The van der Waals surface area contributed by atoms with Crippen LogP contribution in [0.4, 0.5) is 11.5 Å². The SMILES string of the molecule is CCCC(CNc1cc(-c2ccc(C)nc2)ncn1)(CSC)c1cccc2c1OCCN2C(C)=O. The molecule has 0 saturated carbocycles. The van der Waals surface area contributed by atoms with Crippen LogP contribution in [0.25, 0.3) is 11.3 Å². The van der Waals surface area contributed by atoms with E-state index in [-0.39, 0.29) is 11.3 Å². The number of pyridine rings is 1. The quantitative estimate of drug-likeness (QED) is 0.446. The first kappa shape index (κ1) is 25.0. The van der Waals surface area contributed by atoms with Gasteiger partial charge in [-0.25, -0.2) is 9.97 Å². The number of fused-ring (bicyclic) bond motifs is 1. The highest BCUT2D eigenvalue weighted by Crippen LogP contribution is 2.44. The number of aromatic nitrogens is 3. The third kappa shape index (κ3) is 5.42. The molecule has 0 radical (unpaired) electrons. The number of hydrogen-bond acceptors (Lipinski definition) is 7. The lowest BCUT2D eigenvalue weighted by atomic mass is 9.77. The topological polar surface area (TPSA) is 80.2 Å². The number of aryl methyl sites for hydroxylation is 1. The molecule has 0 fully saturated rings. The Labute approximate surface area is 211 Å². The molecular weight excluding hydrogens is 458 g/mol. The zero-order valence-corrected chi connectivity index (χ0v) is 21.7. The van der Waals surface area contributed by atoms with Gasteiger partial charge in [-0.3, -0.25) is 9.78 Å². The van der Waals surface area contributed by atoms with Crippen molar-refractivity contribution >= 4 is 29.2 Å². The molecule has 184 valence electrons. The minimum absolute atomic E-state index is 0.0369. The maximum atomic E-state index is 12.3. The Morgan fingerprint density at radius 1 is 1.23 bits per heavy atom. The van der Waals surface area contributed by atoms with E-state index in [2.05, 4.69) is 39.5 Å². The lowest BCUT2D eigenvalue weighted by Crippen LogP contribution is -2.41. The first-order chi connectivity index (χ1) is 17.0. The van der Waals surface area contributed by atoms with Gasteiger partial charge in [0.15, 0.2) is 0 Å². The molecule has 0 bridgehead atoms. The molecule has 2 aromatic heterocycles. The lowest BCUT2D eigenvalue weighted by molar-refractivity contribution is -0.116. The number of thioether (sulfide) groups is 1. The molecule has 35 heavy (non-hydrogen) atoms. The third-order valence-corrected chi connectivity index (χ3v) is 7.27. The molecule has 1 aromatic carbocycles.